The summed E-state index contributed by atoms with van der Waals surface area (Å²) in [5, 5.41) is 12.7. The molecule has 1 heterocycles. The van der Waals surface area contributed by atoms with Gasteiger partial charge in [0.15, 0.2) is 0 Å². The van der Waals surface area contributed by atoms with Crippen LogP contribution in [0.2, 0.25) is 0 Å². The number of alkyl halides is 3. The number of halogens is 3. The first kappa shape index (κ1) is 37.4. The zero-order valence-electron chi connectivity index (χ0n) is 23.7. The minimum absolute atomic E-state index is 0.0505. The van der Waals surface area contributed by atoms with Crippen LogP contribution in [-0.4, -0.2) is 125 Å². The topological polar surface area (TPSA) is 196 Å². The highest BCUT2D eigenvalue weighted by molar-refractivity contribution is 6.25. The van der Waals surface area contributed by atoms with E-state index in [1.807, 2.05) is 0 Å². The zero-order chi connectivity index (χ0) is 32.3. The molecule has 0 saturated carbocycles. The number of hydrogen-bond donors (Lipinski definition) is 4. The SMILES string of the molecule is CNC(=O)C(CCC=O)N1C(=O)c2cccc(NCCOCCOCCOCCOCCN)c2C1=O.O=C(O)C(F)(F)F. The Kier molecular flexibility index (Phi) is 17.6. The summed E-state index contributed by atoms with van der Waals surface area (Å²) in [6, 6.07) is 3.85. The molecule has 14 nitrogen and oxygen atoms in total. The molecular weight excluding hydrogens is 585 g/mol. The van der Waals surface area contributed by atoms with Gasteiger partial charge in [0.1, 0.15) is 12.3 Å². The van der Waals surface area contributed by atoms with Crippen molar-refractivity contribution in [3.8, 4) is 0 Å². The second kappa shape index (κ2) is 20.3. The van der Waals surface area contributed by atoms with Crippen molar-refractivity contribution in [1.29, 1.82) is 0 Å². The standard InChI is InChI=1S/C24H36N4O8.C2HF3O2/c1-26-22(30)20(6-3-9-29)28-23(31)18-4-2-5-19(21(18)24(28)32)27-8-11-34-13-15-36-17-16-35-14-12-33-10-7-25;3-2(4,5)1(6)7/h2,4-5,9,20,27H,3,6-8,10-17,25H2,1H3,(H,26,30);(H,6,7). The predicted octanol–water partition coefficient (Wildman–Crippen LogP) is 0.447. The van der Waals surface area contributed by atoms with Crippen molar-refractivity contribution in [3.63, 3.8) is 0 Å². The summed E-state index contributed by atoms with van der Waals surface area (Å²) in [4.78, 5) is 59.0. The molecule has 1 aliphatic heterocycles. The van der Waals surface area contributed by atoms with Gasteiger partial charge in [-0.2, -0.15) is 13.2 Å². The van der Waals surface area contributed by atoms with Crippen LogP contribution in [0.3, 0.4) is 0 Å². The first-order chi connectivity index (χ1) is 20.5. The van der Waals surface area contributed by atoms with Crippen molar-refractivity contribution in [2.24, 2.45) is 5.73 Å². The number of nitrogens with zero attached hydrogens (tertiary/aromatic N) is 1. The number of aldehydes is 1. The van der Waals surface area contributed by atoms with Gasteiger partial charge in [0, 0.05) is 32.2 Å². The van der Waals surface area contributed by atoms with E-state index in [1.54, 1.807) is 18.2 Å². The summed E-state index contributed by atoms with van der Waals surface area (Å²) in [5.41, 5.74) is 6.22. The fourth-order valence-corrected chi connectivity index (χ4v) is 3.61. The molecule has 0 radical (unpaired) electrons. The van der Waals surface area contributed by atoms with Gasteiger partial charge < -0.3 is 45.2 Å². The lowest BCUT2D eigenvalue weighted by Crippen LogP contribution is -2.48. The van der Waals surface area contributed by atoms with Crippen molar-refractivity contribution in [3.05, 3.63) is 29.3 Å². The minimum atomic E-state index is -5.08. The van der Waals surface area contributed by atoms with Gasteiger partial charge in [-0.3, -0.25) is 19.3 Å². The average molecular weight is 623 g/mol. The molecule has 0 aliphatic carbocycles. The molecule has 1 unspecified atom stereocenters. The molecule has 0 spiro atoms. The highest BCUT2D eigenvalue weighted by atomic mass is 19.4. The molecule has 3 amide bonds. The van der Waals surface area contributed by atoms with Crippen LogP contribution < -0.4 is 16.4 Å². The predicted molar refractivity (Wildman–Crippen MR) is 145 cm³/mol. The number of nitrogens with one attached hydrogen (secondary N) is 2. The Bertz CT molecular complexity index is 1060. The second-order valence-electron chi connectivity index (χ2n) is 8.55. The molecule has 2 rings (SSSR count). The average Bonchev–Trinajstić information content (AvgIpc) is 3.23. The number of anilines is 1. The van der Waals surface area contributed by atoms with E-state index < -0.39 is 35.9 Å². The van der Waals surface area contributed by atoms with Gasteiger partial charge in [-0.05, 0) is 18.6 Å². The van der Waals surface area contributed by atoms with E-state index in [1.165, 1.54) is 7.05 Å². The summed E-state index contributed by atoms with van der Waals surface area (Å²) in [6.45, 7) is 4.48. The Balaban J connectivity index is 0.00000117. The normalized spacial score (nSPS) is 13.2. The molecule has 1 aromatic carbocycles. The number of nitrogens with two attached hydrogens (primary N) is 1. The third-order valence-corrected chi connectivity index (χ3v) is 5.55. The fraction of sp³-hybridized carbons (Fsp3) is 0.577. The molecule has 242 valence electrons. The lowest BCUT2D eigenvalue weighted by atomic mass is 10.1. The van der Waals surface area contributed by atoms with E-state index in [-0.39, 0.29) is 24.0 Å². The number of aliphatic carboxylic acids is 1. The van der Waals surface area contributed by atoms with Gasteiger partial charge in [-0.25, -0.2) is 4.79 Å². The third-order valence-electron chi connectivity index (χ3n) is 5.55. The van der Waals surface area contributed by atoms with Crippen molar-refractivity contribution in [1.82, 2.24) is 10.2 Å². The number of carboxylic acids is 1. The van der Waals surface area contributed by atoms with E-state index in [9.17, 15) is 32.3 Å². The molecular formula is C26H37F3N4O10. The molecule has 0 fully saturated rings. The number of likely N-dealkylation sites (N-methyl/N-ethyl adjacent to an activating group) is 1. The Morgan fingerprint density at radius 1 is 0.977 bits per heavy atom. The molecule has 1 atom stereocenters. The van der Waals surface area contributed by atoms with E-state index in [4.69, 9.17) is 34.6 Å². The molecule has 0 aromatic heterocycles. The number of hydrogen-bond acceptors (Lipinski definition) is 11. The van der Waals surface area contributed by atoms with Crippen molar-refractivity contribution >= 4 is 35.7 Å². The molecule has 43 heavy (non-hydrogen) atoms. The number of rotatable bonds is 20. The Hall–Kier alpha value is -3.64. The quantitative estimate of drug-likeness (QED) is 0.0892. The molecule has 17 heteroatoms. The van der Waals surface area contributed by atoms with Crippen LogP contribution in [0.4, 0.5) is 18.9 Å². The number of amides is 3. The van der Waals surface area contributed by atoms with Gasteiger partial charge in [-0.1, -0.05) is 6.07 Å². The van der Waals surface area contributed by atoms with Crippen molar-refractivity contribution < 1.29 is 61.2 Å². The Morgan fingerprint density at radius 3 is 2.00 bits per heavy atom. The summed E-state index contributed by atoms with van der Waals surface area (Å²) in [7, 11) is 1.42. The van der Waals surface area contributed by atoms with Crippen LogP contribution in [0.5, 0.6) is 0 Å². The summed E-state index contributed by atoms with van der Waals surface area (Å²) in [5.74, 6) is -4.38. The molecule has 1 aromatic rings. The number of carboxylic acid groups (broad SMARTS) is 1. The number of carbonyl (C=O) groups excluding carboxylic acids is 4. The van der Waals surface area contributed by atoms with Crippen LogP contribution in [0.1, 0.15) is 33.6 Å². The molecule has 0 saturated heterocycles. The van der Waals surface area contributed by atoms with Gasteiger partial charge >= 0.3 is 12.1 Å². The van der Waals surface area contributed by atoms with E-state index in [0.29, 0.717) is 77.9 Å². The number of imide groups is 1. The van der Waals surface area contributed by atoms with E-state index >= 15 is 0 Å². The molecule has 1 aliphatic rings. The van der Waals surface area contributed by atoms with E-state index in [0.717, 1.165) is 4.90 Å². The monoisotopic (exact) mass is 622 g/mol. The lowest BCUT2D eigenvalue weighted by Gasteiger charge is -2.24. The Morgan fingerprint density at radius 2 is 1.51 bits per heavy atom. The van der Waals surface area contributed by atoms with E-state index in [2.05, 4.69) is 10.6 Å². The largest absolute Gasteiger partial charge is 0.490 e. The van der Waals surface area contributed by atoms with Crippen LogP contribution in [0.15, 0.2) is 18.2 Å². The molecule has 5 N–H and O–H groups in total. The van der Waals surface area contributed by atoms with Crippen LogP contribution >= 0.6 is 0 Å². The second-order valence-corrected chi connectivity index (χ2v) is 8.55. The summed E-state index contributed by atoms with van der Waals surface area (Å²) in [6.07, 6.45) is -4.32. The van der Waals surface area contributed by atoms with Crippen LogP contribution in [0, 0.1) is 0 Å². The van der Waals surface area contributed by atoms with Gasteiger partial charge in [0.2, 0.25) is 5.91 Å². The van der Waals surface area contributed by atoms with Crippen LogP contribution in [0.25, 0.3) is 0 Å². The fourth-order valence-electron chi connectivity index (χ4n) is 3.61. The number of benzene rings is 1. The van der Waals surface area contributed by atoms with Gasteiger partial charge in [0.05, 0.1) is 64.0 Å². The third kappa shape index (κ3) is 13.0. The van der Waals surface area contributed by atoms with Gasteiger partial charge in [0.25, 0.3) is 11.8 Å². The van der Waals surface area contributed by atoms with Crippen LogP contribution in [-0.2, 0) is 33.3 Å². The maximum atomic E-state index is 13.1. The highest BCUT2D eigenvalue weighted by Gasteiger charge is 2.43. The van der Waals surface area contributed by atoms with Gasteiger partial charge in [-0.15, -0.1) is 0 Å². The zero-order valence-corrected chi connectivity index (χ0v) is 23.7. The number of carbonyl (C=O) groups is 5. The van der Waals surface area contributed by atoms with Crippen molar-refractivity contribution in [2.75, 3.05) is 78.3 Å². The minimum Gasteiger partial charge on any atom is -0.475 e. The highest BCUT2D eigenvalue weighted by Crippen LogP contribution is 2.31. The summed E-state index contributed by atoms with van der Waals surface area (Å²) >= 11 is 0. The Labute approximate surface area is 245 Å². The first-order valence-corrected chi connectivity index (χ1v) is 13.2. The maximum absolute atomic E-state index is 13.1. The first-order valence-electron chi connectivity index (χ1n) is 13.2. The number of ether oxygens (including phenoxy) is 4. The molecule has 0 bridgehead atoms. The smallest absolute Gasteiger partial charge is 0.475 e. The lowest BCUT2D eigenvalue weighted by molar-refractivity contribution is -0.192. The van der Waals surface area contributed by atoms with Crippen molar-refractivity contribution in [2.45, 2.75) is 25.1 Å². The summed E-state index contributed by atoms with van der Waals surface area (Å²) < 4.78 is 53.3. The number of fused-ring (bicyclic) bond motifs is 1. The maximum Gasteiger partial charge on any atom is 0.490 e.